The molecule has 0 heterocycles. The van der Waals surface area contributed by atoms with Crippen LogP contribution in [0.3, 0.4) is 0 Å². The molecule has 0 aromatic rings. The van der Waals surface area contributed by atoms with Crippen LogP contribution in [0.25, 0.3) is 0 Å². The van der Waals surface area contributed by atoms with Gasteiger partial charge >= 0.3 is 0 Å². The van der Waals surface area contributed by atoms with Gasteiger partial charge in [-0.15, -0.1) is 0 Å². The molecule has 0 aliphatic rings. The molecule has 5 heteroatoms. The van der Waals surface area contributed by atoms with Gasteiger partial charge in [0.25, 0.3) is 0 Å². The fourth-order valence-electron chi connectivity index (χ4n) is 0.930. The first-order valence-corrected chi connectivity index (χ1v) is 5.34. The maximum atomic E-state index is 5.37. The van der Waals surface area contributed by atoms with Crippen molar-refractivity contribution in [1.82, 2.24) is 10.7 Å². The summed E-state index contributed by atoms with van der Waals surface area (Å²) < 4.78 is 4.94. The largest absolute Gasteiger partial charge is 0.385 e. The molecule has 0 bridgehead atoms. The van der Waals surface area contributed by atoms with E-state index in [1.807, 2.05) is 0 Å². The number of nitrogens with zero attached hydrogens (tertiary/aromatic N) is 1. The van der Waals surface area contributed by atoms with Gasteiger partial charge in [-0.25, -0.2) is 5.84 Å². The molecule has 0 fully saturated rings. The normalized spacial score (nSPS) is 12.7. The fourth-order valence-corrected chi connectivity index (χ4v) is 0.930. The van der Waals surface area contributed by atoms with Gasteiger partial charge in [-0.05, 0) is 26.7 Å². The van der Waals surface area contributed by atoms with Crippen molar-refractivity contribution in [2.24, 2.45) is 10.8 Å². The molecule has 0 aliphatic heterocycles. The Bertz CT molecular complexity index is 192. The molecule has 0 unspecified atom stereocenters. The Balaban J connectivity index is 4.00. The lowest BCUT2D eigenvalue weighted by atomic mass is 10.0. The van der Waals surface area contributed by atoms with Gasteiger partial charge in [0.05, 0.1) is 0 Å². The van der Waals surface area contributed by atoms with Crippen molar-refractivity contribution >= 4 is 5.96 Å². The van der Waals surface area contributed by atoms with Crippen LogP contribution in [0.2, 0.25) is 0 Å². The number of guanidine groups is 1. The number of rotatable bonds is 6. The number of hydrogen-bond donors (Lipinski definition) is 3. The van der Waals surface area contributed by atoms with E-state index >= 15 is 0 Å². The Morgan fingerprint density at radius 2 is 2.13 bits per heavy atom. The number of ether oxygens (including phenoxy) is 1. The van der Waals surface area contributed by atoms with Gasteiger partial charge in [0.1, 0.15) is 0 Å². The first-order valence-electron chi connectivity index (χ1n) is 5.34. The molecule has 0 saturated carbocycles. The van der Waals surface area contributed by atoms with Gasteiger partial charge in [0.15, 0.2) is 0 Å². The summed E-state index contributed by atoms with van der Waals surface area (Å²) in [5.74, 6) is 6.01. The Morgan fingerprint density at radius 3 is 2.60 bits per heavy atom. The summed E-state index contributed by atoms with van der Waals surface area (Å²) in [6.45, 7) is 7.76. The van der Waals surface area contributed by atoms with Crippen molar-refractivity contribution in [1.29, 1.82) is 0 Å². The van der Waals surface area contributed by atoms with Crippen LogP contribution in [0.4, 0.5) is 0 Å². The van der Waals surface area contributed by atoms with Crippen LogP contribution in [0.15, 0.2) is 4.99 Å². The molecule has 0 aromatic carbocycles. The van der Waals surface area contributed by atoms with Gasteiger partial charge in [-0.3, -0.25) is 10.4 Å². The molecular weight excluding hydrogens is 192 g/mol. The first-order chi connectivity index (χ1) is 7.05. The number of hydrogen-bond acceptors (Lipinski definition) is 3. The maximum absolute atomic E-state index is 5.37. The molecule has 4 N–H and O–H groups in total. The number of nitrogens with two attached hydrogens (primary N) is 1. The molecule has 0 radical (unpaired) electrons. The highest BCUT2D eigenvalue weighted by Gasteiger charge is 2.15. The van der Waals surface area contributed by atoms with Gasteiger partial charge in [0, 0.05) is 25.8 Å². The molecule has 90 valence electrons. The Morgan fingerprint density at radius 1 is 1.47 bits per heavy atom. The van der Waals surface area contributed by atoms with E-state index in [2.05, 4.69) is 36.5 Å². The predicted octanol–water partition coefficient (Wildman–Crippen LogP) is 0.620. The molecule has 0 amide bonds. The zero-order chi connectivity index (χ0) is 11.7. The zero-order valence-electron chi connectivity index (χ0n) is 10.3. The second-order valence-electron chi connectivity index (χ2n) is 4.08. The maximum Gasteiger partial charge on any atom is 0.206 e. The fraction of sp³-hybridized carbons (Fsp3) is 0.900. The molecule has 0 rings (SSSR count). The minimum absolute atomic E-state index is 0.00641. The lowest BCUT2D eigenvalue weighted by Crippen LogP contribution is -2.51. The quantitative estimate of drug-likeness (QED) is 0.200. The van der Waals surface area contributed by atoms with Crippen LogP contribution < -0.4 is 16.6 Å². The average molecular weight is 216 g/mol. The SMILES string of the molecule is CCC(C)(C)NC(=NCCCOC)NN. The van der Waals surface area contributed by atoms with E-state index in [-0.39, 0.29) is 5.54 Å². The Kier molecular flexibility index (Phi) is 7.07. The van der Waals surface area contributed by atoms with Crippen LogP contribution in [0, 0.1) is 0 Å². The molecule has 0 spiro atoms. The minimum Gasteiger partial charge on any atom is -0.385 e. The highest BCUT2D eigenvalue weighted by Crippen LogP contribution is 2.05. The summed E-state index contributed by atoms with van der Waals surface area (Å²) in [7, 11) is 1.68. The lowest BCUT2D eigenvalue weighted by molar-refractivity contribution is 0.197. The van der Waals surface area contributed by atoms with Crippen LogP contribution in [0.5, 0.6) is 0 Å². The number of nitrogens with one attached hydrogen (secondary N) is 2. The average Bonchev–Trinajstić information content (AvgIpc) is 2.22. The molecule has 0 aromatic heterocycles. The second-order valence-corrected chi connectivity index (χ2v) is 4.08. The van der Waals surface area contributed by atoms with Gasteiger partial charge in [0.2, 0.25) is 5.96 Å². The molecule has 0 aliphatic carbocycles. The molecule has 15 heavy (non-hydrogen) atoms. The first kappa shape index (κ1) is 14.2. The highest BCUT2D eigenvalue weighted by molar-refractivity contribution is 5.79. The molecular formula is C10H24N4O. The van der Waals surface area contributed by atoms with E-state index < -0.39 is 0 Å². The Hall–Kier alpha value is -0.810. The standard InChI is InChI=1S/C10H24N4O/c1-5-10(2,3)13-9(14-11)12-7-6-8-15-4/h5-8,11H2,1-4H3,(H2,12,13,14). The van der Waals surface area contributed by atoms with Crippen LogP contribution in [-0.4, -0.2) is 31.8 Å². The van der Waals surface area contributed by atoms with Gasteiger partial charge in [-0.2, -0.15) is 0 Å². The van der Waals surface area contributed by atoms with E-state index in [9.17, 15) is 0 Å². The number of hydrazine groups is 1. The zero-order valence-corrected chi connectivity index (χ0v) is 10.3. The van der Waals surface area contributed by atoms with Crippen LogP contribution >= 0.6 is 0 Å². The smallest absolute Gasteiger partial charge is 0.206 e. The van der Waals surface area contributed by atoms with Crippen molar-refractivity contribution in [2.45, 2.75) is 39.2 Å². The molecule has 0 atom stereocenters. The van der Waals surface area contributed by atoms with Crippen LogP contribution in [0.1, 0.15) is 33.6 Å². The number of aliphatic imine (C=N–C) groups is 1. The third-order valence-corrected chi connectivity index (χ3v) is 2.25. The van der Waals surface area contributed by atoms with Crippen molar-refractivity contribution in [2.75, 3.05) is 20.3 Å². The summed E-state index contributed by atoms with van der Waals surface area (Å²) in [6, 6.07) is 0. The predicted molar refractivity (Wildman–Crippen MR) is 63.6 cm³/mol. The topological polar surface area (TPSA) is 71.7 Å². The second kappa shape index (κ2) is 7.48. The minimum atomic E-state index is 0.00641. The lowest BCUT2D eigenvalue weighted by Gasteiger charge is -2.26. The monoisotopic (exact) mass is 216 g/mol. The summed E-state index contributed by atoms with van der Waals surface area (Å²) in [4.78, 5) is 4.30. The summed E-state index contributed by atoms with van der Waals surface area (Å²) in [6.07, 6.45) is 1.90. The molecule has 5 nitrogen and oxygen atoms in total. The van der Waals surface area contributed by atoms with Crippen molar-refractivity contribution < 1.29 is 4.74 Å². The number of methoxy groups -OCH3 is 1. The Labute approximate surface area is 92.4 Å². The summed E-state index contributed by atoms with van der Waals surface area (Å²) in [5.41, 5.74) is 2.57. The molecule has 0 saturated heterocycles. The van der Waals surface area contributed by atoms with E-state index in [1.165, 1.54) is 0 Å². The van der Waals surface area contributed by atoms with Crippen molar-refractivity contribution in [3.8, 4) is 0 Å². The van der Waals surface area contributed by atoms with Crippen LogP contribution in [-0.2, 0) is 4.74 Å². The van der Waals surface area contributed by atoms with Crippen molar-refractivity contribution in [3.05, 3.63) is 0 Å². The third-order valence-electron chi connectivity index (χ3n) is 2.25. The highest BCUT2D eigenvalue weighted by atomic mass is 16.5. The summed E-state index contributed by atoms with van der Waals surface area (Å²) in [5, 5.41) is 3.24. The van der Waals surface area contributed by atoms with E-state index in [0.717, 1.165) is 19.4 Å². The summed E-state index contributed by atoms with van der Waals surface area (Å²) >= 11 is 0. The van der Waals surface area contributed by atoms with Gasteiger partial charge in [-0.1, -0.05) is 6.92 Å². The van der Waals surface area contributed by atoms with E-state index in [4.69, 9.17) is 10.6 Å². The van der Waals surface area contributed by atoms with Crippen molar-refractivity contribution in [3.63, 3.8) is 0 Å². The van der Waals surface area contributed by atoms with E-state index in [1.54, 1.807) is 7.11 Å². The van der Waals surface area contributed by atoms with E-state index in [0.29, 0.717) is 12.5 Å². The van der Waals surface area contributed by atoms with Gasteiger partial charge < -0.3 is 10.1 Å². The third kappa shape index (κ3) is 7.16.